The minimum atomic E-state index is 0.302. The highest BCUT2D eigenvalue weighted by molar-refractivity contribution is 5.34. The summed E-state index contributed by atoms with van der Waals surface area (Å²) in [5, 5.41) is 12.8. The summed E-state index contributed by atoms with van der Waals surface area (Å²) in [7, 11) is 0. The summed E-state index contributed by atoms with van der Waals surface area (Å²) in [6.45, 7) is 3.12. The van der Waals surface area contributed by atoms with Crippen molar-refractivity contribution in [2.24, 2.45) is 0 Å². The van der Waals surface area contributed by atoms with Gasteiger partial charge in [-0.1, -0.05) is 42.5 Å². The third-order valence-electron chi connectivity index (χ3n) is 5.96. The Morgan fingerprint density at radius 1 is 1.07 bits per heavy atom. The van der Waals surface area contributed by atoms with Gasteiger partial charge >= 0.3 is 0 Å². The predicted molar refractivity (Wildman–Crippen MR) is 116 cm³/mol. The smallest absolute Gasteiger partial charge is 0.106 e. The molecule has 0 fully saturated rings. The third-order valence-corrected chi connectivity index (χ3v) is 5.96. The van der Waals surface area contributed by atoms with E-state index >= 15 is 0 Å². The molecule has 4 rings (SSSR count). The molecule has 0 saturated heterocycles. The monoisotopic (exact) mass is 384 g/mol. The topological polar surface area (TPSA) is 53.6 Å². The molecule has 1 aliphatic rings. The van der Waals surface area contributed by atoms with E-state index in [4.69, 9.17) is 5.26 Å². The number of imidazole rings is 1. The van der Waals surface area contributed by atoms with Gasteiger partial charge in [0.15, 0.2) is 0 Å². The van der Waals surface area contributed by atoms with E-state index in [0.29, 0.717) is 17.6 Å². The lowest BCUT2D eigenvalue weighted by Crippen LogP contribution is -2.31. The Hall–Kier alpha value is -2.90. The second kappa shape index (κ2) is 9.07. The van der Waals surface area contributed by atoms with E-state index in [1.165, 1.54) is 29.7 Å². The van der Waals surface area contributed by atoms with Crippen molar-refractivity contribution in [1.29, 1.82) is 5.26 Å². The van der Waals surface area contributed by atoms with Gasteiger partial charge in [-0.2, -0.15) is 5.26 Å². The first kappa shape index (κ1) is 19.4. The molecule has 0 saturated carbocycles. The summed E-state index contributed by atoms with van der Waals surface area (Å²) < 4.78 is 2.38. The molecule has 0 amide bonds. The Morgan fingerprint density at radius 2 is 1.86 bits per heavy atom. The van der Waals surface area contributed by atoms with Gasteiger partial charge in [0.1, 0.15) is 5.82 Å². The Morgan fingerprint density at radius 3 is 2.62 bits per heavy atom. The van der Waals surface area contributed by atoms with Crippen LogP contribution >= 0.6 is 0 Å². The average Bonchev–Trinajstić information content (AvgIpc) is 3.16. The average molecular weight is 385 g/mol. The van der Waals surface area contributed by atoms with Crippen molar-refractivity contribution < 1.29 is 0 Å². The Kier molecular flexibility index (Phi) is 6.07. The zero-order chi connectivity index (χ0) is 20.1. The maximum Gasteiger partial charge on any atom is 0.106 e. The van der Waals surface area contributed by atoms with Crippen molar-refractivity contribution in [2.75, 3.05) is 6.54 Å². The molecular weight excluding hydrogens is 356 g/mol. The van der Waals surface area contributed by atoms with Crippen LogP contribution in [-0.4, -0.2) is 16.1 Å². The summed E-state index contributed by atoms with van der Waals surface area (Å²) in [6.07, 6.45) is 7.75. The SMILES string of the molecule is Cc1ncc2n1[C@@H](c1ccc(C#N)cc1)CC[C@@H]2NCCCCc1ccccc1. The molecule has 0 spiro atoms. The lowest BCUT2D eigenvalue weighted by Gasteiger charge is -2.33. The Labute approximate surface area is 173 Å². The highest BCUT2D eigenvalue weighted by Gasteiger charge is 2.29. The van der Waals surface area contributed by atoms with Crippen molar-refractivity contribution >= 4 is 0 Å². The fourth-order valence-electron chi connectivity index (χ4n) is 4.41. The van der Waals surface area contributed by atoms with E-state index in [1.807, 2.05) is 18.3 Å². The number of nitrogens with zero attached hydrogens (tertiary/aromatic N) is 3. The molecule has 148 valence electrons. The summed E-state index contributed by atoms with van der Waals surface area (Å²) in [5.41, 5.74) is 4.67. The molecule has 0 unspecified atom stereocenters. The molecule has 29 heavy (non-hydrogen) atoms. The fraction of sp³-hybridized carbons (Fsp3) is 0.360. The van der Waals surface area contributed by atoms with Crippen LogP contribution in [0, 0.1) is 18.3 Å². The lowest BCUT2D eigenvalue weighted by molar-refractivity contribution is 0.354. The molecule has 1 aromatic heterocycles. The van der Waals surface area contributed by atoms with Crippen molar-refractivity contribution in [3.8, 4) is 6.07 Å². The predicted octanol–water partition coefficient (Wildman–Crippen LogP) is 5.10. The van der Waals surface area contributed by atoms with Crippen LogP contribution in [0.1, 0.15) is 66.0 Å². The maximum absolute atomic E-state index is 9.05. The van der Waals surface area contributed by atoms with Crippen molar-refractivity contribution in [2.45, 2.75) is 51.1 Å². The highest BCUT2D eigenvalue weighted by Crippen LogP contribution is 2.37. The second-order valence-corrected chi connectivity index (χ2v) is 7.88. The molecule has 1 N–H and O–H groups in total. The van der Waals surface area contributed by atoms with Crippen LogP contribution in [-0.2, 0) is 6.42 Å². The molecule has 2 atom stereocenters. The van der Waals surface area contributed by atoms with Gasteiger partial charge in [-0.05, 0) is 68.8 Å². The summed E-state index contributed by atoms with van der Waals surface area (Å²) in [6, 6.07) is 21.6. The van der Waals surface area contributed by atoms with E-state index in [0.717, 1.165) is 31.6 Å². The molecule has 4 nitrogen and oxygen atoms in total. The van der Waals surface area contributed by atoms with E-state index < -0.39 is 0 Å². The zero-order valence-corrected chi connectivity index (χ0v) is 17.0. The van der Waals surface area contributed by atoms with Crippen molar-refractivity contribution in [3.05, 3.63) is 89.0 Å². The van der Waals surface area contributed by atoms with Crippen molar-refractivity contribution in [1.82, 2.24) is 14.9 Å². The van der Waals surface area contributed by atoms with Crippen molar-refractivity contribution in [3.63, 3.8) is 0 Å². The van der Waals surface area contributed by atoms with Gasteiger partial charge in [-0.15, -0.1) is 0 Å². The number of hydrogen-bond donors (Lipinski definition) is 1. The number of rotatable bonds is 7. The summed E-state index contributed by atoms with van der Waals surface area (Å²) >= 11 is 0. The molecule has 2 heterocycles. The maximum atomic E-state index is 9.05. The Bertz CT molecular complexity index is 966. The number of benzene rings is 2. The number of fused-ring (bicyclic) bond motifs is 1. The standard InChI is InChI=1S/C25H28N4/c1-19-28-18-25-23(27-16-6-5-9-20-7-3-2-4-8-20)14-15-24(29(19)25)22-12-10-21(17-26)11-13-22/h2-4,7-8,10-13,18,23-24,27H,5-6,9,14-16H2,1H3/t23-,24+/m0/s1. The van der Waals surface area contributed by atoms with Gasteiger partial charge in [0, 0.05) is 6.04 Å². The molecule has 0 bridgehead atoms. The molecule has 4 heteroatoms. The number of aryl methyl sites for hydroxylation is 2. The number of hydrogen-bond acceptors (Lipinski definition) is 3. The minimum Gasteiger partial charge on any atom is -0.323 e. The van der Waals surface area contributed by atoms with Gasteiger partial charge < -0.3 is 9.88 Å². The molecule has 3 aromatic rings. The van der Waals surface area contributed by atoms with Gasteiger partial charge in [0.2, 0.25) is 0 Å². The first-order valence-corrected chi connectivity index (χ1v) is 10.6. The fourth-order valence-corrected chi connectivity index (χ4v) is 4.41. The van der Waals surface area contributed by atoms with Crippen LogP contribution in [0.15, 0.2) is 60.8 Å². The lowest BCUT2D eigenvalue weighted by atomic mass is 9.92. The largest absolute Gasteiger partial charge is 0.323 e. The van der Waals surface area contributed by atoms with Gasteiger partial charge in [-0.25, -0.2) is 4.98 Å². The minimum absolute atomic E-state index is 0.302. The number of nitriles is 1. The van der Waals surface area contributed by atoms with Crippen LogP contribution < -0.4 is 5.32 Å². The summed E-state index contributed by atoms with van der Waals surface area (Å²) in [4.78, 5) is 4.61. The molecule has 0 radical (unpaired) electrons. The van der Waals surface area contributed by atoms with Crippen LogP contribution in [0.4, 0.5) is 0 Å². The van der Waals surface area contributed by atoms with Crippen LogP contribution in [0.5, 0.6) is 0 Å². The molecule has 0 aliphatic carbocycles. The number of aromatic nitrogens is 2. The summed E-state index contributed by atoms with van der Waals surface area (Å²) in [5.74, 6) is 1.06. The first-order valence-electron chi connectivity index (χ1n) is 10.6. The van der Waals surface area contributed by atoms with E-state index in [9.17, 15) is 0 Å². The Balaban J connectivity index is 1.37. The van der Waals surface area contributed by atoms with Gasteiger partial charge in [0.25, 0.3) is 0 Å². The second-order valence-electron chi connectivity index (χ2n) is 7.88. The van der Waals surface area contributed by atoms with E-state index in [-0.39, 0.29) is 0 Å². The molecule has 2 aromatic carbocycles. The molecular formula is C25H28N4. The highest BCUT2D eigenvalue weighted by atomic mass is 15.1. The van der Waals surface area contributed by atoms with Gasteiger partial charge in [-0.3, -0.25) is 0 Å². The number of unbranched alkanes of at least 4 members (excludes halogenated alkanes) is 1. The molecule has 1 aliphatic heterocycles. The van der Waals surface area contributed by atoms with Crippen LogP contribution in [0.25, 0.3) is 0 Å². The zero-order valence-electron chi connectivity index (χ0n) is 17.0. The normalized spacial score (nSPS) is 18.2. The van der Waals surface area contributed by atoms with Crippen LogP contribution in [0.3, 0.4) is 0 Å². The van der Waals surface area contributed by atoms with Crippen LogP contribution in [0.2, 0.25) is 0 Å². The quantitative estimate of drug-likeness (QED) is 0.577. The first-order chi connectivity index (χ1) is 14.3. The third kappa shape index (κ3) is 4.41. The van der Waals surface area contributed by atoms with E-state index in [2.05, 4.69) is 70.3 Å². The van der Waals surface area contributed by atoms with Gasteiger partial charge in [0.05, 0.1) is 29.6 Å². The van der Waals surface area contributed by atoms with E-state index in [1.54, 1.807) is 0 Å². The number of nitrogens with one attached hydrogen (secondary N) is 1.